The van der Waals surface area contributed by atoms with E-state index < -0.39 is 70.6 Å². The Balaban J connectivity index is 1.05. The first kappa shape index (κ1) is 57.2. The summed E-state index contributed by atoms with van der Waals surface area (Å²) in [7, 11) is 1.53. The van der Waals surface area contributed by atoms with Crippen molar-refractivity contribution in [3.05, 3.63) is 250 Å². The lowest BCUT2D eigenvalue weighted by Crippen LogP contribution is -2.71. The van der Waals surface area contributed by atoms with E-state index in [1.54, 1.807) is 78.2 Å². The van der Waals surface area contributed by atoms with Crippen molar-refractivity contribution in [1.82, 2.24) is 15.2 Å². The van der Waals surface area contributed by atoms with Crippen LogP contribution in [0, 0.1) is 0 Å². The number of nitrogens with zero attached hydrogens (tertiary/aromatic N) is 3. The zero-order chi connectivity index (χ0) is 58.7. The summed E-state index contributed by atoms with van der Waals surface area (Å²) in [6.07, 6.45) is -2.85. The number of carboxylic acid groups (broad SMARTS) is 1. The average molecular weight is 1160 g/mol. The van der Waals surface area contributed by atoms with E-state index in [2.05, 4.69) is 15.8 Å². The third-order valence-electron chi connectivity index (χ3n) is 13.6. The van der Waals surface area contributed by atoms with E-state index in [1.165, 1.54) is 37.1 Å². The first-order valence-corrected chi connectivity index (χ1v) is 28.2. The number of nitrogens with one attached hydrogen (secondary N) is 2. The Labute approximate surface area is 490 Å². The van der Waals surface area contributed by atoms with E-state index in [0.29, 0.717) is 33.3 Å². The van der Waals surface area contributed by atoms with Crippen molar-refractivity contribution < 1.29 is 62.4 Å². The molecule has 8 aromatic rings. The molecule has 84 heavy (non-hydrogen) atoms. The Morgan fingerprint density at radius 3 is 1.77 bits per heavy atom. The molecule has 3 atom stereocenters. The predicted octanol–water partition coefficient (Wildman–Crippen LogP) is 10.0. The van der Waals surface area contributed by atoms with Crippen LogP contribution in [0.1, 0.15) is 65.1 Å². The van der Waals surface area contributed by atoms with Gasteiger partial charge in [0.15, 0.2) is 28.4 Å². The molecule has 1 aromatic heterocycles. The largest absolute Gasteiger partial charge is 0.497 e. The molecule has 0 radical (unpaired) electrons. The number of benzene rings is 7. The zero-order valence-corrected chi connectivity index (χ0v) is 46.9. The Morgan fingerprint density at radius 2 is 1.24 bits per heavy atom. The van der Waals surface area contributed by atoms with Crippen molar-refractivity contribution in [2.24, 2.45) is 5.16 Å². The molecule has 0 unspecified atom stereocenters. The van der Waals surface area contributed by atoms with Crippen LogP contribution in [-0.2, 0) is 43.9 Å². The van der Waals surface area contributed by atoms with Crippen LogP contribution >= 0.6 is 23.1 Å². The lowest BCUT2D eigenvalue weighted by atomic mass is 9.77. The van der Waals surface area contributed by atoms with E-state index in [9.17, 15) is 24.3 Å². The van der Waals surface area contributed by atoms with Gasteiger partial charge in [-0.25, -0.2) is 14.6 Å². The number of ether oxygens (including phenoxy) is 5. The van der Waals surface area contributed by atoms with Gasteiger partial charge in [0.25, 0.3) is 11.8 Å². The van der Waals surface area contributed by atoms with Gasteiger partial charge in [0, 0.05) is 36.1 Å². The first-order chi connectivity index (χ1) is 40.8. The number of aromatic nitrogens is 1. The van der Waals surface area contributed by atoms with Gasteiger partial charge in [0.05, 0.1) is 7.11 Å². The molecule has 1 fully saturated rings. The van der Waals surface area contributed by atoms with Gasteiger partial charge in [-0.3, -0.25) is 24.1 Å². The molecule has 2 amide bonds. The molecular weight excluding hydrogens is 1110 g/mol. The summed E-state index contributed by atoms with van der Waals surface area (Å²) in [4.78, 5) is 94.4. The SMILES string of the molecule is COc1ccc(OCC2=C(C(=O)O)N3C(=O)[C@@H](NC(=O)C(=NO[C@@H](C(=O)OC(c4ccccc4)c4ccccc4)c4ccc(OC(C)=O)c(OC(C)=O)c4)c4csc(NC(c5ccccc5)(c5ccccc5)c5ccccc5)n4)[C@@H]3SC2)cc1. The Kier molecular flexibility index (Phi) is 17.6. The molecule has 0 aliphatic carbocycles. The van der Waals surface area contributed by atoms with Crippen molar-refractivity contribution in [2.45, 2.75) is 43.0 Å². The number of aliphatic carboxylic acids is 1. The van der Waals surface area contributed by atoms with Gasteiger partial charge in [-0.15, -0.1) is 23.1 Å². The number of hydrogen-bond acceptors (Lipinski definition) is 17. The molecule has 18 nitrogen and oxygen atoms in total. The van der Waals surface area contributed by atoms with Crippen LogP contribution < -0.4 is 29.6 Å². The van der Waals surface area contributed by atoms with Crippen molar-refractivity contribution >= 4 is 69.6 Å². The lowest BCUT2D eigenvalue weighted by Gasteiger charge is -2.49. The van der Waals surface area contributed by atoms with Crippen molar-refractivity contribution in [2.75, 3.05) is 24.8 Å². The number of carbonyl (C=O) groups is 6. The normalized spacial score (nSPS) is 15.2. The number of oxime groups is 1. The van der Waals surface area contributed by atoms with Crippen LogP contribution in [0.2, 0.25) is 0 Å². The topological polar surface area (TPSA) is 231 Å². The van der Waals surface area contributed by atoms with Crippen LogP contribution in [0.25, 0.3) is 0 Å². The third-order valence-corrected chi connectivity index (χ3v) is 15.7. The molecule has 7 aromatic carbocycles. The average Bonchev–Trinajstić information content (AvgIpc) is 3.89. The summed E-state index contributed by atoms with van der Waals surface area (Å²) in [6, 6.07) is 56.6. The highest BCUT2D eigenvalue weighted by Crippen LogP contribution is 2.43. The summed E-state index contributed by atoms with van der Waals surface area (Å²) in [5, 5.41) is 22.4. The highest BCUT2D eigenvalue weighted by Gasteiger charge is 2.55. The number of methoxy groups -OCH3 is 1. The Morgan fingerprint density at radius 1 is 0.702 bits per heavy atom. The molecule has 0 saturated carbocycles. The Hall–Kier alpha value is -10.1. The number of thiazole rings is 1. The standard InChI is InChI=1S/C64H53N5O13S2/c1-39(70)79-51-34-29-43(35-52(51)80-40(2)71)57(62(76)81-56(41-19-9-4-10-20-41)42-21-11-5-12-22-42)82-68-53(58(72)66-54-59(73)69-55(61(74)75)44(37-83-60(54)69)36-78-49-32-30-48(77-3)31-33-49)50-38-84-63(65-50)67-64(45-23-13-6-14-24-45,46-25-15-7-16-26-46)47-27-17-8-18-28-47/h4-35,38,54,56-57,60H,36-37H2,1-3H3,(H,65,67)(H,66,72)(H,74,75)/t54-,57-,60+/m1/s1. The molecule has 10 rings (SSSR count). The van der Waals surface area contributed by atoms with Crippen LogP contribution in [-0.4, -0.2) is 87.3 Å². The number of fused-ring (bicyclic) bond motifs is 1. The number of rotatable bonds is 22. The minimum absolute atomic E-state index is 0.0160. The van der Waals surface area contributed by atoms with Gasteiger partial charge in [0.2, 0.25) is 6.10 Å². The second kappa shape index (κ2) is 25.8. The van der Waals surface area contributed by atoms with E-state index in [-0.39, 0.29) is 40.8 Å². The number of β-lactam (4-membered cyclic amide) rings is 1. The number of thioether (sulfide) groups is 1. The maximum atomic E-state index is 15.2. The molecule has 3 N–H and O–H groups in total. The molecule has 0 spiro atoms. The van der Waals surface area contributed by atoms with E-state index in [0.717, 1.165) is 46.8 Å². The number of anilines is 1. The van der Waals surface area contributed by atoms with Crippen LogP contribution in [0.15, 0.2) is 216 Å². The summed E-state index contributed by atoms with van der Waals surface area (Å²) in [5.74, 6) is -4.80. The second-order valence-electron chi connectivity index (χ2n) is 19.1. The molecule has 2 aliphatic heterocycles. The van der Waals surface area contributed by atoms with Gasteiger partial charge in [-0.05, 0) is 64.2 Å². The smallest absolute Gasteiger partial charge is 0.355 e. The fraction of sp³-hybridized carbons (Fsp3) is 0.156. The number of hydrogen-bond donors (Lipinski definition) is 3. The molecule has 20 heteroatoms. The summed E-state index contributed by atoms with van der Waals surface area (Å²) in [5.41, 5.74) is 2.20. The number of amides is 2. The van der Waals surface area contributed by atoms with Gasteiger partial charge in [0.1, 0.15) is 46.5 Å². The van der Waals surface area contributed by atoms with E-state index in [1.807, 2.05) is 103 Å². The molecule has 2 aliphatic rings. The predicted molar refractivity (Wildman–Crippen MR) is 313 cm³/mol. The van der Waals surface area contributed by atoms with Crippen molar-refractivity contribution in [3.63, 3.8) is 0 Å². The number of carbonyl (C=O) groups excluding carboxylic acids is 5. The van der Waals surface area contributed by atoms with Gasteiger partial charge in [-0.1, -0.05) is 163 Å². The van der Waals surface area contributed by atoms with Gasteiger partial charge in [-0.2, -0.15) is 0 Å². The molecule has 3 heterocycles. The van der Waals surface area contributed by atoms with Crippen molar-refractivity contribution in [1.29, 1.82) is 0 Å². The Bertz CT molecular complexity index is 3620. The quantitative estimate of drug-likeness (QED) is 0.0143. The molecule has 424 valence electrons. The summed E-state index contributed by atoms with van der Waals surface area (Å²) >= 11 is 2.36. The van der Waals surface area contributed by atoms with Crippen LogP contribution in [0.3, 0.4) is 0 Å². The fourth-order valence-electron chi connectivity index (χ4n) is 9.70. The molecule has 0 bridgehead atoms. The van der Waals surface area contributed by atoms with E-state index in [4.69, 9.17) is 33.5 Å². The molecular formula is C64H53N5O13S2. The third kappa shape index (κ3) is 12.5. The van der Waals surface area contributed by atoms with Gasteiger partial charge >= 0.3 is 23.9 Å². The summed E-state index contributed by atoms with van der Waals surface area (Å²) < 4.78 is 28.3. The van der Waals surface area contributed by atoms with E-state index >= 15 is 9.59 Å². The first-order valence-electron chi connectivity index (χ1n) is 26.2. The highest BCUT2D eigenvalue weighted by atomic mass is 32.2. The fourth-order valence-corrected chi connectivity index (χ4v) is 11.8. The second-order valence-corrected chi connectivity index (χ2v) is 21.0. The molecule has 1 saturated heterocycles. The van der Waals surface area contributed by atoms with Crippen LogP contribution in [0.4, 0.5) is 5.13 Å². The maximum Gasteiger partial charge on any atom is 0.355 e. The maximum absolute atomic E-state index is 15.2. The monoisotopic (exact) mass is 1160 g/mol. The number of esters is 3. The van der Waals surface area contributed by atoms with Crippen LogP contribution in [0.5, 0.6) is 23.0 Å². The number of carboxylic acids is 1. The summed E-state index contributed by atoms with van der Waals surface area (Å²) in [6.45, 7) is 2.16. The lowest BCUT2D eigenvalue weighted by molar-refractivity contribution is -0.162. The minimum Gasteiger partial charge on any atom is -0.497 e. The highest BCUT2D eigenvalue weighted by molar-refractivity contribution is 8.00. The van der Waals surface area contributed by atoms with Gasteiger partial charge < -0.3 is 44.3 Å². The minimum atomic E-state index is -1.85. The van der Waals surface area contributed by atoms with Crippen molar-refractivity contribution in [3.8, 4) is 23.0 Å². The zero-order valence-electron chi connectivity index (χ0n) is 45.3.